The van der Waals surface area contributed by atoms with Crippen LogP contribution in [0.25, 0.3) is 0 Å². The average molecular weight is 228 g/mol. The van der Waals surface area contributed by atoms with Gasteiger partial charge in [-0.3, -0.25) is 0 Å². The molecular weight excluding hydrogens is 204 g/mol. The summed E-state index contributed by atoms with van der Waals surface area (Å²) in [6.45, 7) is 5.58. The van der Waals surface area contributed by atoms with Crippen LogP contribution in [0.5, 0.6) is 0 Å². The van der Waals surface area contributed by atoms with Crippen molar-refractivity contribution in [1.82, 2.24) is 5.32 Å². The summed E-state index contributed by atoms with van der Waals surface area (Å²) in [7, 11) is 0. The fourth-order valence-electron chi connectivity index (χ4n) is 1.97. The van der Waals surface area contributed by atoms with E-state index >= 15 is 0 Å². The summed E-state index contributed by atoms with van der Waals surface area (Å²) in [6, 6.07) is 0.132. The van der Waals surface area contributed by atoms with Gasteiger partial charge in [0.15, 0.2) is 0 Å². The van der Waals surface area contributed by atoms with E-state index in [4.69, 9.17) is 10.5 Å². The zero-order chi connectivity index (χ0) is 12.2. The topological polar surface area (TPSA) is 64.3 Å². The molecule has 1 fully saturated rings. The van der Waals surface area contributed by atoms with Crippen molar-refractivity contribution in [3.63, 3.8) is 0 Å². The minimum Gasteiger partial charge on any atom is -0.444 e. The molecule has 0 unspecified atom stereocenters. The monoisotopic (exact) mass is 228 g/mol. The summed E-state index contributed by atoms with van der Waals surface area (Å²) in [5, 5.41) is 2.88. The van der Waals surface area contributed by atoms with Crippen molar-refractivity contribution in [2.75, 3.05) is 0 Å². The lowest BCUT2D eigenvalue weighted by atomic mass is 10.0. The van der Waals surface area contributed by atoms with Crippen molar-refractivity contribution in [3.05, 3.63) is 0 Å². The zero-order valence-corrected chi connectivity index (χ0v) is 10.6. The molecule has 0 heterocycles. The molecule has 0 aromatic carbocycles. The van der Waals surface area contributed by atoms with E-state index in [9.17, 15) is 4.79 Å². The number of carbonyl (C=O) groups is 1. The average Bonchev–Trinajstić information content (AvgIpc) is 2.29. The van der Waals surface area contributed by atoms with Crippen molar-refractivity contribution in [2.24, 2.45) is 5.73 Å². The molecule has 0 aromatic rings. The summed E-state index contributed by atoms with van der Waals surface area (Å²) >= 11 is 0. The van der Waals surface area contributed by atoms with Gasteiger partial charge >= 0.3 is 6.09 Å². The van der Waals surface area contributed by atoms with Crippen LogP contribution in [0, 0.1) is 0 Å². The first-order chi connectivity index (χ1) is 7.38. The summed E-state index contributed by atoms with van der Waals surface area (Å²) in [5.74, 6) is 0. The van der Waals surface area contributed by atoms with Gasteiger partial charge in [-0.1, -0.05) is 19.3 Å². The Balaban J connectivity index is 2.42. The fraction of sp³-hybridized carbons (Fsp3) is 0.917. The van der Waals surface area contributed by atoms with Crippen LogP contribution < -0.4 is 11.1 Å². The molecule has 0 aromatic heterocycles. The Kier molecular flexibility index (Phi) is 4.59. The molecule has 0 radical (unpaired) electrons. The van der Waals surface area contributed by atoms with E-state index in [2.05, 4.69) is 5.32 Å². The molecule has 0 spiro atoms. The number of nitrogens with two attached hydrogens (primary N) is 1. The SMILES string of the molecule is CC(C)(C)OC(=O)N[C@@H]1CCCCC[C@@H]1N. The first kappa shape index (κ1) is 13.3. The molecule has 1 aliphatic rings. The summed E-state index contributed by atoms with van der Waals surface area (Å²) in [5.41, 5.74) is 5.58. The number of ether oxygens (including phenoxy) is 1. The van der Waals surface area contributed by atoms with E-state index in [1.165, 1.54) is 6.42 Å². The first-order valence-electron chi connectivity index (χ1n) is 6.13. The van der Waals surface area contributed by atoms with Crippen molar-refractivity contribution < 1.29 is 9.53 Å². The van der Waals surface area contributed by atoms with Gasteiger partial charge in [0.05, 0.1) is 0 Å². The third-order valence-corrected chi connectivity index (χ3v) is 2.77. The standard InChI is InChI=1S/C12H24N2O2/c1-12(2,3)16-11(15)14-10-8-6-4-5-7-9(10)13/h9-10H,4-8,13H2,1-3H3,(H,14,15)/t9-,10+/m0/s1. The Morgan fingerprint density at radius 2 is 1.88 bits per heavy atom. The number of carbonyl (C=O) groups excluding carboxylic acids is 1. The lowest BCUT2D eigenvalue weighted by Gasteiger charge is -2.25. The highest BCUT2D eigenvalue weighted by atomic mass is 16.6. The van der Waals surface area contributed by atoms with Crippen molar-refractivity contribution >= 4 is 6.09 Å². The molecule has 0 aliphatic heterocycles. The van der Waals surface area contributed by atoms with Crippen molar-refractivity contribution in [3.8, 4) is 0 Å². The molecule has 94 valence electrons. The molecule has 4 nitrogen and oxygen atoms in total. The highest BCUT2D eigenvalue weighted by Gasteiger charge is 2.24. The predicted molar refractivity (Wildman–Crippen MR) is 64.2 cm³/mol. The molecule has 16 heavy (non-hydrogen) atoms. The number of amides is 1. The van der Waals surface area contributed by atoms with Gasteiger partial charge in [-0.15, -0.1) is 0 Å². The molecule has 0 bridgehead atoms. The second-order valence-corrected chi connectivity index (χ2v) is 5.55. The summed E-state index contributed by atoms with van der Waals surface area (Å²) < 4.78 is 5.22. The molecule has 4 heteroatoms. The smallest absolute Gasteiger partial charge is 0.407 e. The minimum atomic E-state index is -0.446. The molecule has 1 rings (SSSR count). The molecule has 1 saturated carbocycles. The van der Waals surface area contributed by atoms with Crippen LogP contribution in [0.3, 0.4) is 0 Å². The van der Waals surface area contributed by atoms with Crippen LogP contribution in [0.1, 0.15) is 52.9 Å². The second kappa shape index (κ2) is 5.53. The maximum atomic E-state index is 11.6. The minimum absolute atomic E-state index is 0.0648. The largest absolute Gasteiger partial charge is 0.444 e. The number of alkyl carbamates (subject to hydrolysis) is 1. The van der Waals surface area contributed by atoms with Crippen molar-refractivity contribution in [1.29, 1.82) is 0 Å². The maximum absolute atomic E-state index is 11.6. The third-order valence-electron chi connectivity index (χ3n) is 2.77. The fourth-order valence-corrected chi connectivity index (χ4v) is 1.97. The number of nitrogens with one attached hydrogen (secondary N) is 1. The van der Waals surface area contributed by atoms with E-state index < -0.39 is 5.60 Å². The van der Waals surface area contributed by atoms with Gasteiger partial charge in [-0.25, -0.2) is 4.79 Å². The lowest BCUT2D eigenvalue weighted by Crippen LogP contribution is -2.48. The van der Waals surface area contributed by atoms with Gasteiger partial charge in [-0.05, 0) is 33.6 Å². The quantitative estimate of drug-likeness (QED) is 0.676. The highest BCUT2D eigenvalue weighted by Crippen LogP contribution is 2.17. The van der Waals surface area contributed by atoms with Crippen LogP contribution in [-0.4, -0.2) is 23.8 Å². The Bertz CT molecular complexity index is 236. The van der Waals surface area contributed by atoms with Gasteiger partial charge in [0.1, 0.15) is 5.60 Å². The molecule has 3 N–H and O–H groups in total. The van der Waals surface area contributed by atoms with Gasteiger partial charge in [0.25, 0.3) is 0 Å². The molecule has 0 saturated heterocycles. The Labute approximate surface area is 97.9 Å². The zero-order valence-electron chi connectivity index (χ0n) is 10.6. The van der Waals surface area contributed by atoms with Gasteiger partial charge in [0, 0.05) is 12.1 Å². The molecule has 1 amide bonds. The van der Waals surface area contributed by atoms with Gasteiger partial charge in [0.2, 0.25) is 0 Å². The van der Waals surface area contributed by atoms with E-state index in [0.717, 1.165) is 25.7 Å². The normalized spacial score (nSPS) is 27.0. The number of hydrogen-bond donors (Lipinski definition) is 2. The van der Waals surface area contributed by atoms with Crippen LogP contribution in [0.4, 0.5) is 4.79 Å². The first-order valence-corrected chi connectivity index (χ1v) is 6.13. The van der Waals surface area contributed by atoms with Crippen LogP contribution >= 0.6 is 0 Å². The molecule has 2 atom stereocenters. The van der Waals surface area contributed by atoms with Crippen molar-refractivity contribution in [2.45, 2.75) is 70.6 Å². The van der Waals surface area contributed by atoms with E-state index in [-0.39, 0.29) is 18.2 Å². The highest BCUT2D eigenvalue weighted by molar-refractivity contribution is 5.68. The Morgan fingerprint density at radius 1 is 1.25 bits per heavy atom. The number of rotatable bonds is 1. The lowest BCUT2D eigenvalue weighted by molar-refractivity contribution is 0.0494. The third kappa shape index (κ3) is 4.84. The van der Waals surface area contributed by atoms with Crippen LogP contribution in [0.2, 0.25) is 0 Å². The second-order valence-electron chi connectivity index (χ2n) is 5.55. The maximum Gasteiger partial charge on any atom is 0.407 e. The van der Waals surface area contributed by atoms with Crippen LogP contribution in [0.15, 0.2) is 0 Å². The summed E-state index contributed by atoms with van der Waals surface area (Å²) in [4.78, 5) is 11.6. The van der Waals surface area contributed by atoms with Gasteiger partial charge < -0.3 is 15.8 Å². The van der Waals surface area contributed by atoms with E-state index in [0.29, 0.717) is 0 Å². The number of hydrogen-bond acceptors (Lipinski definition) is 3. The Hall–Kier alpha value is -0.770. The summed E-state index contributed by atoms with van der Waals surface area (Å²) in [6.07, 6.45) is 5.10. The molecule has 1 aliphatic carbocycles. The predicted octanol–water partition coefficient (Wildman–Crippen LogP) is 2.17. The van der Waals surface area contributed by atoms with E-state index in [1.807, 2.05) is 20.8 Å². The van der Waals surface area contributed by atoms with Crippen LogP contribution in [-0.2, 0) is 4.74 Å². The Morgan fingerprint density at radius 3 is 2.50 bits per heavy atom. The van der Waals surface area contributed by atoms with E-state index in [1.54, 1.807) is 0 Å². The molecular formula is C12H24N2O2. The van der Waals surface area contributed by atoms with Gasteiger partial charge in [-0.2, -0.15) is 0 Å².